The van der Waals surface area contributed by atoms with Crippen molar-refractivity contribution in [3.8, 4) is 0 Å². The summed E-state index contributed by atoms with van der Waals surface area (Å²) in [5, 5.41) is 3.10. The summed E-state index contributed by atoms with van der Waals surface area (Å²) in [5.41, 5.74) is 3.37. The van der Waals surface area contributed by atoms with Crippen LogP contribution in [0.25, 0.3) is 0 Å². The standard InChI is InChI=1S/C24H23N3O3/c1-13-11-14(2)20-16(12-13)24(23(30)25-20)19-18(17-9-6-10-26(17)24)21(28)27(22(19)29)15-7-4-3-5-8-15/h3-5,7-8,11-12,17-19H,6,9-10H2,1-2H3,(H,25,30)/p+1/t17-,18+,19-,24+/m0/s1. The van der Waals surface area contributed by atoms with Crippen LogP contribution in [0.5, 0.6) is 0 Å². The van der Waals surface area contributed by atoms with Crippen molar-refractivity contribution in [3.05, 3.63) is 59.2 Å². The summed E-state index contributed by atoms with van der Waals surface area (Å²) in [6, 6.07) is 13.2. The van der Waals surface area contributed by atoms with E-state index in [4.69, 9.17) is 0 Å². The Labute approximate surface area is 174 Å². The number of anilines is 2. The lowest BCUT2D eigenvalue weighted by atomic mass is 9.75. The summed E-state index contributed by atoms with van der Waals surface area (Å²) in [5.74, 6) is -1.62. The second-order valence-electron chi connectivity index (χ2n) is 9.14. The number of amides is 3. The lowest BCUT2D eigenvalue weighted by Crippen LogP contribution is -3.19. The van der Waals surface area contributed by atoms with Crippen LogP contribution in [-0.4, -0.2) is 30.3 Å². The SMILES string of the molecule is Cc1cc(C)c2c(c1)[C@]1(C(=O)N2)[C@@H]2C(=O)N(c3ccccc3)C(=O)[C@@H]2[C@@H]2CCC[NH+]21. The van der Waals surface area contributed by atoms with E-state index in [1.54, 1.807) is 12.1 Å². The quantitative estimate of drug-likeness (QED) is 0.707. The molecule has 3 fully saturated rings. The van der Waals surface area contributed by atoms with Gasteiger partial charge in [0, 0.05) is 18.4 Å². The van der Waals surface area contributed by atoms with Gasteiger partial charge >= 0.3 is 0 Å². The largest absolute Gasteiger partial charge is 0.320 e. The van der Waals surface area contributed by atoms with Crippen molar-refractivity contribution in [3.63, 3.8) is 0 Å². The normalized spacial score (nSPS) is 33.8. The first kappa shape index (κ1) is 17.8. The molecule has 2 aromatic rings. The minimum Gasteiger partial charge on any atom is -0.320 e. The van der Waals surface area contributed by atoms with Crippen molar-refractivity contribution in [2.45, 2.75) is 38.3 Å². The number of nitrogens with one attached hydrogen (secondary N) is 2. The third-order valence-corrected chi connectivity index (χ3v) is 7.68. The molecule has 2 aromatic carbocycles. The minimum atomic E-state index is -1.02. The summed E-state index contributed by atoms with van der Waals surface area (Å²) in [4.78, 5) is 43.5. The Balaban J connectivity index is 1.59. The van der Waals surface area contributed by atoms with E-state index in [1.165, 1.54) is 4.90 Å². The van der Waals surface area contributed by atoms with Gasteiger partial charge in [0.1, 0.15) is 17.9 Å². The van der Waals surface area contributed by atoms with E-state index in [9.17, 15) is 14.4 Å². The maximum atomic E-state index is 13.8. The number of hydrogen-bond acceptors (Lipinski definition) is 3. The van der Waals surface area contributed by atoms with Crippen LogP contribution >= 0.6 is 0 Å². The van der Waals surface area contributed by atoms with Gasteiger partial charge in [-0.15, -0.1) is 0 Å². The van der Waals surface area contributed by atoms with Gasteiger partial charge in [0.25, 0.3) is 5.91 Å². The molecular weight excluding hydrogens is 378 g/mol. The van der Waals surface area contributed by atoms with Crippen LogP contribution in [0.4, 0.5) is 11.4 Å². The molecule has 4 aliphatic rings. The molecule has 0 aliphatic carbocycles. The van der Waals surface area contributed by atoms with Gasteiger partial charge in [-0.05, 0) is 37.6 Å². The molecule has 30 heavy (non-hydrogen) atoms. The molecule has 0 saturated carbocycles. The number of carbonyl (C=O) groups excluding carboxylic acids is 3. The molecule has 3 saturated heterocycles. The highest BCUT2D eigenvalue weighted by Crippen LogP contribution is 2.52. The average molecular weight is 402 g/mol. The highest BCUT2D eigenvalue weighted by Gasteiger charge is 2.78. The Bertz CT molecular complexity index is 1130. The molecule has 0 aromatic heterocycles. The molecule has 4 aliphatic heterocycles. The summed E-state index contributed by atoms with van der Waals surface area (Å²) in [7, 11) is 0. The summed E-state index contributed by atoms with van der Waals surface area (Å²) in [6.45, 7) is 4.82. The monoisotopic (exact) mass is 402 g/mol. The number of hydrogen-bond donors (Lipinski definition) is 2. The first-order valence-corrected chi connectivity index (χ1v) is 10.7. The number of benzene rings is 2. The predicted octanol–water partition coefficient (Wildman–Crippen LogP) is 1.32. The second-order valence-corrected chi connectivity index (χ2v) is 9.14. The zero-order valence-electron chi connectivity index (χ0n) is 17.1. The molecular formula is C24H24N3O3+. The molecule has 1 spiro atoms. The molecule has 5 atom stereocenters. The van der Waals surface area contributed by atoms with Gasteiger partial charge in [-0.25, -0.2) is 4.90 Å². The van der Waals surface area contributed by atoms with E-state index in [2.05, 4.69) is 11.4 Å². The topological polar surface area (TPSA) is 70.9 Å². The van der Waals surface area contributed by atoms with Crippen molar-refractivity contribution in [2.24, 2.45) is 11.8 Å². The third-order valence-electron chi connectivity index (χ3n) is 7.68. The first-order valence-electron chi connectivity index (χ1n) is 10.7. The molecule has 6 rings (SSSR count). The van der Waals surface area contributed by atoms with Gasteiger partial charge in [-0.3, -0.25) is 14.4 Å². The van der Waals surface area contributed by atoms with Crippen LogP contribution < -0.4 is 15.1 Å². The summed E-state index contributed by atoms with van der Waals surface area (Å²) < 4.78 is 0. The molecule has 0 radical (unpaired) electrons. The highest BCUT2D eigenvalue weighted by atomic mass is 16.2. The molecule has 3 amide bonds. The van der Waals surface area contributed by atoms with Gasteiger partial charge in [0.05, 0.1) is 17.9 Å². The van der Waals surface area contributed by atoms with Crippen LogP contribution in [0.3, 0.4) is 0 Å². The maximum Gasteiger partial charge on any atom is 0.291 e. The highest BCUT2D eigenvalue weighted by molar-refractivity contribution is 6.25. The Morgan fingerprint density at radius 1 is 1.07 bits per heavy atom. The number of carbonyl (C=O) groups is 3. The lowest BCUT2D eigenvalue weighted by molar-refractivity contribution is -0.948. The van der Waals surface area contributed by atoms with Crippen molar-refractivity contribution in [1.29, 1.82) is 0 Å². The van der Waals surface area contributed by atoms with Gasteiger partial charge in [-0.1, -0.05) is 29.8 Å². The van der Waals surface area contributed by atoms with Crippen molar-refractivity contribution in [2.75, 3.05) is 16.8 Å². The number of para-hydroxylation sites is 1. The van der Waals surface area contributed by atoms with Crippen molar-refractivity contribution >= 4 is 29.1 Å². The van der Waals surface area contributed by atoms with E-state index in [-0.39, 0.29) is 23.8 Å². The number of fused-ring (bicyclic) bond motifs is 7. The predicted molar refractivity (Wildman–Crippen MR) is 111 cm³/mol. The Morgan fingerprint density at radius 2 is 1.83 bits per heavy atom. The number of rotatable bonds is 1. The smallest absolute Gasteiger partial charge is 0.291 e. The molecule has 2 N–H and O–H groups in total. The fraction of sp³-hybridized carbons (Fsp3) is 0.375. The number of imide groups is 1. The average Bonchev–Trinajstić information content (AvgIpc) is 3.42. The van der Waals surface area contributed by atoms with Crippen LogP contribution in [-0.2, 0) is 19.9 Å². The van der Waals surface area contributed by atoms with E-state index in [0.29, 0.717) is 5.69 Å². The summed E-state index contributed by atoms with van der Waals surface area (Å²) >= 11 is 0. The van der Waals surface area contributed by atoms with E-state index in [0.717, 1.165) is 46.7 Å². The zero-order chi connectivity index (χ0) is 20.8. The fourth-order valence-electron chi connectivity index (χ4n) is 6.75. The van der Waals surface area contributed by atoms with Crippen LogP contribution in [0, 0.1) is 25.7 Å². The van der Waals surface area contributed by atoms with E-state index in [1.807, 2.05) is 38.1 Å². The van der Waals surface area contributed by atoms with Gasteiger partial charge in [0.15, 0.2) is 0 Å². The molecule has 6 heteroatoms. The second kappa shape index (κ2) is 5.79. The zero-order valence-corrected chi connectivity index (χ0v) is 17.1. The Hall–Kier alpha value is -2.99. The third kappa shape index (κ3) is 1.90. The van der Waals surface area contributed by atoms with Gasteiger partial charge in [0.2, 0.25) is 17.4 Å². The molecule has 152 valence electrons. The van der Waals surface area contributed by atoms with Gasteiger partial charge in [-0.2, -0.15) is 0 Å². The van der Waals surface area contributed by atoms with E-state index >= 15 is 0 Å². The first-order chi connectivity index (χ1) is 14.5. The number of quaternary nitrogens is 1. The lowest BCUT2D eigenvalue weighted by Gasteiger charge is -2.33. The Kier molecular flexibility index (Phi) is 3.44. The van der Waals surface area contributed by atoms with Crippen LogP contribution in [0.15, 0.2) is 42.5 Å². The maximum absolute atomic E-state index is 13.8. The number of nitrogens with zero attached hydrogens (tertiary/aromatic N) is 1. The summed E-state index contributed by atoms with van der Waals surface area (Å²) in [6.07, 6.45) is 1.83. The molecule has 6 nitrogen and oxygen atoms in total. The van der Waals surface area contributed by atoms with Crippen LogP contribution in [0.2, 0.25) is 0 Å². The number of aryl methyl sites for hydroxylation is 2. The fourth-order valence-corrected chi connectivity index (χ4v) is 6.75. The molecule has 1 unspecified atom stereocenters. The molecule has 0 bridgehead atoms. The van der Waals surface area contributed by atoms with Crippen molar-refractivity contribution < 1.29 is 19.3 Å². The van der Waals surface area contributed by atoms with Gasteiger partial charge < -0.3 is 10.2 Å². The Morgan fingerprint density at radius 3 is 2.60 bits per heavy atom. The van der Waals surface area contributed by atoms with Crippen molar-refractivity contribution in [1.82, 2.24) is 0 Å². The minimum absolute atomic E-state index is 0.00215. The van der Waals surface area contributed by atoms with Crippen LogP contribution in [0.1, 0.15) is 29.5 Å². The van der Waals surface area contributed by atoms with E-state index < -0.39 is 17.4 Å². The molecule has 4 heterocycles.